The van der Waals surface area contributed by atoms with Crippen molar-refractivity contribution < 1.29 is 23.6 Å². The average Bonchev–Trinajstić information content (AvgIpc) is 3.80. The number of nitrogens with zero attached hydrogens (tertiary/aromatic N) is 2. The quantitative estimate of drug-likeness (QED) is 0.238. The fourth-order valence-corrected chi connectivity index (χ4v) is 8.89. The topological polar surface area (TPSA) is 141 Å². The smallest absolute Gasteiger partial charge is 0.245 e. The van der Waals surface area contributed by atoms with Gasteiger partial charge in [-0.05, 0) is 85.5 Å². The minimum absolute atomic E-state index is 0.114. The minimum atomic E-state index is -1.02. The molecule has 3 aromatic rings. The first kappa shape index (κ1) is 34.9. The Kier molecular flexibility index (Phi) is 10.3. The van der Waals surface area contributed by atoms with Crippen molar-refractivity contribution in [3.05, 3.63) is 77.2 Å². The van der Waals surface area contributed by atoms with Crippen LogP contribution >= 0.6 is 0 Å². The molecule has 1 aromatic heterocycles. The van der Waals surface area contributed by atoms with Crippen molar-refractivity contribution in [1.29, 1.82) is 0 Å². The van der Waals surface area contributed by atoms with E-state index in [1.165, 1.54) is 34.4 Å². The van der Waals surface area contributed by atoms with Gasteiger partial charge in [0.15, 0.2) is 0 Å². The minimum Gasteiger partial charge on any atom is -0.368 e. The Labute approximate surface area is 298 Å². The fourth-order valence-electron chi connectivity index (χ4n) is 8.89. The summed E-state index contributed by atoms with van der Waals surface area (Å²) in [6.45, 7) is 0.882. The first-order valence-electron chi connectivity index (χ1n) is 18.6. The lowest BCUT2D eigenvalue weighted by Crippen LogP contribution is -2.57. The Morgan fingerprint density at radius 3 is 2.53 bits per heavy atom. The van der Waals surface area contributed by atoms with Gasteiger partial charge in [0.1, 0.15) is 23.9 Å². The third-order valence-electron chi connectivity index (χ3n) is 11.7. The van der Waals surface area contributed by atoms with Gasteiger partial charge in [-0.1, -0.05) is 62.4 Å². The molecule has 4 aliphatic rings. The second-order valence-corrected chi connectivity index (χ2v) is 15.1. The molecule has 51 heavy (non-hydrogen) atoms. The predicted molar refractivity (Wildman–Crippen MR) is 194 cm³/mol. The number of aromatic nitrogens is 1. The molecule has 0 radical (unpaired) electrons. The van der Waals surface area contributed by atoms with Crippen LogP contribution < -0.4 is 16.4 Å². The Bertz CT molecular complexity index is 1810. The number of likely N-dealkylation sites (tertiary alicyclic amines) is 1. The molecule has 5 atom stereocenters. The summed E-state index contributed by atoms with van der Waals surface area (Å²) in [5.74, 6) is -2.09. The van der Waals surface area contributed by atoms with Crippen LogP contribution in [0, 0.1) is 17.7 Å². The number of benzene rings is 2. The summed E-state index contributed by atoms with van der Waals surface area (Å²) >= 11 is 0. The number of hydrogen-bond acceptors (Lipinski definition) is 5. The highest BCUT2D eigenvalue weighted by atomic mass is 19.1. The first-order chi connectivity index (χ1) is 24.7. The summed E-state index contributed by atoms with van der Waals surface area (Å²) in [5, 5.41) is 7.22. The number of rotatable bonds is 11. The van der Waals surface area contributed by atoms with Crippen LogP contribution in [0.3, 0.4) is 0 Å². The highest BCUT2D eigenvalue weighted by Crippen LogP contribution is 2.41. The van der Waals surface area contributed by atoms with E-state index < -0.39 is 41.7 Å². The van der Waals surface area contributed by atoms with Gasteiger partial charge in [-0.25, -0.2) is 4.39 Å². The van der Waals surface area contributed by atoms with E-state index in [4.69, 9.17) is 5.73 Å². The summed E-state index contributed by atoms with van der Waals surface area (Å²) < 4.78 is 13.9. The number of carbonyl (C=O) groups excluding carboxylic acids is 4. The second kappa shape index (κ2) is 15.0. The Balaban J connectivity index is 1.13. The van der Waals surface area contributed by atoms with Gasteiger partial charge in [0.05, 0.1) is 5.92 Å². The van der Waals surface area contributed by atoms with Crippen LogP contribution in [0.5, 0.6) is 0 Å². The van der Waals surface area contributed by atoms with Gasteiger partial charge in [0.2, 0.25) is 23.6 Å². The summed E-state index contributed by atoms with van der Waals surface area (Å²) in [6.07, 6.45) is 13.2. The van der Waals surface area contributed by atoms with Crippen molar-refractivity contribution in [2.24, 2.45) is 17.6 Å². The number of primary amides is 1. The van der Waals surface area contributed by atoms with Crippen LogP contribution in [-0.2, 0) is 32.0 Å². The maximum Gasteiger partial charge on any atom is 0.245 e. The van der Waals surface area contributed by atoms with Crippen LogP contribution in [0.4, 0.5) is 4.39 Å². The third kappa shape index (κ3) is 7.45. The van der Waals surface area contributed by atoms with Crippen molar-refractivity contribution >= 4 is 40.1 Å². The number of amides is 4. The van der Waals surface area contributed by atoms with E-state index in [2.05, 4.69) is 38.8 Å². The number of likely N-dealkylation sites (N-methyl/N-ethyl adjacent to an activating group) is 1. The fraction of sp³-hybridized carbons (Fsp3) is 0.500. The summed E-state index contributed by atoms with van der Waals surface area (Å²) in [4.78, 5) is 61.8. The number of fused-ring (bicyclic) bond motifs is 2. The van der Waals surface area contributed by atoms with Gasteiger partial charge in [-0.2, -0.15) is 0 Å². The van der Waals surface area contributed by atoms with E-state index in [0.717, 1.165) is 55.2 Å². The maximum absolute atomic E-state index is 14.3. The number of H-pyrrole nitrogens is 1. The normalized spacial score (nSPS) is 23.3. The molecule has 2 fully saturated rings. The SMILES string of the molecule is CN1C[C@H](C(=O)N[C@@H](Cc2ccc(F)cc2)C(=O)N[C@@H](CCC2CCCCC2)C(=O)N2CCC[C@H]2C(N)=O)C=C2c3cccc4[nH]cc(c34)C[C@H]21. The van der Waals surface area contributed by atoms with Gasteiger partial charge >= 0.3 is 0 Å². The lowest BCUT2D eigenvalue weighted by atomic mass is 9.79. The Morgan fingerprint density at radius 1 is 0.980 bits per heavy atom. The largest absolute Gasteiger partial charge is 0.368 e. The molecule has 270 valence electrons. The summed E-state index contributed by atoms with van der Waals surface area (Å²) in [6, 6.07) is 9.60. The standard InChI is InChI=1S/C40H49FN6O4/c1-46-23-27(20-30-29-9-5-10-31-36(29)26(22-43-31)21-35(30)46)38(49)45-33(19-25-12-15-28(41)16-13-25)39(50)44-32(17-14-24-7-3-2-4-8-24)40(51)47-18-6-11-34(47)37(42)48/h5,9-10,12-13,15-16,20,22,24,27,32-35,43H,2-4,6-8,11,14,17-19,21,23H2,1H3,(H2,42,48)(H,44,50)(H,45,49)/t27-,32+,33+,34+,35-/m1/s1. The van der Waals surface area contributed by atoms with Gasteiger partial charge in [-0.3, -0.25) is 24.1 Å². The molecular weight excluding hydrogens is 647 g/mol. The predicted octanol–water partition coefficient (Wildman–Crippen LogP) is 4.23. The number of carbonyl (C=O) groups is 4. The average molecular weight is 697 g/mol. The van der Waals surface area contributed by atoms with Crippen molar-refractivity contribution in [3.8, 4) is 0 Å². The molecule has 0 unspecified atom stereocenters. The zero-order valence-corrected chi connectivity index (χ0v) is 29.3. The van der Waals surface area contributed by atoms with Crippen LogP contribution in [0.1, 0.15) is 74.5 Å². The summed E-state index contributed by atoms with van der Waals surface area (Å²) in [5.41, 5.74) is 10.9. The lowest BCUT2D eigenvalue weighted by Gasteiger charge is -2.39. The highest BCUT2D eigenvalue weighted by Gasteiger charge is 2.39. The lowest BCUT2D eigenvalue weighted by molar-refractivity contribution is -0.141. The van der Waals surface area contributed by atoms with Gasteiger partial charge in [-0.15, -0.1) is 0 Å². The molecule has 10 nitrogen and oxygen atoms in total. The third-order valence-corrected chi connectivity index (χ3v) is 11.7. The monoisotopic (exact) mass is 696 g/mol. The molecule has 2 aliphatic heterocycles. The molecule has 0 spiro atoms. The molecule has 3 heterocycles. The van der Waals surface area contributed by atoms with Gasteiger partial charge in [0.25, 0.3) is 0 Å². The zero-order valence-electron chi connectivity index (χ0n) is 29.3. The van der Waals surface area contributed by atoms with Crippen LogP contribution in [-0.4, -0.2) is 82.7 Å². The molecule has 2 aromatic carbocycles. The van der Waals surface area contributed by atoms with E-state index in [0.29, 0.717) is 43.8 Å². The molecule has 7 rings (SSSR count). The Hall–Kier alpha value is -4.51. The number of hydrogen-bond donors (Lipinski definition) is 4. The molecule has 11 heteroatoms. The number of nitrogens with one attached hydrogen (secondary N) is 3. The first-order valence-corrected chi connectivity index (χ1v) is 18.6. The van der Waals surface area contributed by atoms with E-state index in [-0.39, 0.29) is 24.3 Å². The molecule has 1 saturated carbocycles. The summed E-state index contributed by atoms with van der Waals surface area (Å²) in [7, 11) is 2.03. The van der Waals surface area contributed by atoms with Crippen LogP contribution in [0.2, 0.25) is 0 Å². The molecule has 0 bridgehead atoms. The van der Waals surface area contributed by atoms with Crippen molar-refractivity contribution in [1.82, 2.24) is 25.4 Å². The van der Waals surface area contributed by atoms with Crippen molar-refractivity contribution in [2.75, 3.05) is 20.1 Å². The van der Waals surface area contributed by atoms with Crippen molar-refractivity contribution in [2.45, 2.75) is 94.8 Å². The molecule has 1 saturated heterocycles. The van der Waals surface area contributed by atoms with E-state index in [1.54, 1.807) is 12.1 Å². The van der Waals surface area contributed by atoms with E-state index >= 15 is 0 Å². The number of halogens is 1. The van der Waals surface area contributed by atoms with Crippen molar-refractivity contribution in [3.63, 3.8) is 0 Å². The van der Waals surface area contributed by atoms with Crippen LogP contribution in [0.15, 0.2) is 54.7 Å². The van der Waals surface area contributed by atoms with E-state index in [9.17, 15) is 23.6 Å². The number of nitrogens with two attached hydrogens (primary N) is 1. The zero-order chi connectivity index (χ0) is 35.6. The highest BCUT2D eigenvalue weighted by molar-refractivity contribution is 6.00. The molecule has 4 amide bonds. The molecule has 5 N–H and O–H groups in total. The Morgan fingerprint density at radius 2 is 1.76 bits per heavy atom. The maximum atomic E-state index is 14.3. The molecule has 2 aliphatic carbocycles. The van der Waals surface area contributed by atoms with E-state index in [1.807, 2.05) is 19.2 Å². The van der Waals surface area contributed by atoms with Gasteiger partial charge in [0, 0.05) is 42.7 Å². The van der Waals surface area contributed by atoms with Gasteiger partial charge < -0.3 is 26.3 Å². The second-order valence-electron chi connectivity index (χ2n) is 15.1. The molecular formula is C40H49FN6O4. The van der Waals surface area contributed by atoms with Crippen LogP contribution in [0.25, 0.3) is 16.5 Å². The number of aromatic amines is 1.